The zero-order chi connectivity index (χ0) is 16.2. The van der Waals surface area contributed by atoms with Crippen molar-refractivity contribution < 1.29 is 8.78 Å². The van der Waals surface area contributed by atoms with Gasteiger partial charge < -0.3 is 10.6 Å². The first-order valence-electron chi connectivity index (χ1n) is 7.09. The number of hydrogen-bond acceptors (Lipinski definition) is 4. The molecule has 2 aromatic rings. The molecule has 1 saturated heterocycles. The average Bonchev–Trinajstić information content (AvgIpc) is 2.39. The maximum atomic E-state index is 13.1. The van der Waals surface area contributed by atoms with Crippen molar-refractivity contribution in [3.05, 3.63) is 33.6 Å². The summed E-state index contributed by atoms with van der Waals surface area (Å²) in [5.74, 6) is -2.46. The molecule has 0 saturated carbocycles. The first-order chi connectivity index (χ1) is 10.2. The van der Waals surface area contributed by atoms with E-state index in [2.05, 4.69) is 4.98 Å². The molecule has 2 N–H and O–H groups in total. The predicted octanol–water partition coefficient (Wildman–Crippen LogP) is 1.72. The Morgan fingerprint density at radius 3 is 2.55 bits per heavy atom. The predicted molar refractivity (Wildman–Crippen MR) is 81.5 cm³/mol. The van der Waals surface area contributed by atoms with Gasteiger partial charge in [-0.3, -0.25) is 9.36 Å². The topological polar surface area (TPSA) is 64.2 Å². The summed E-state index contributed by atoms with van der Waals surface area (Å²) in [5.41, 5.74) is 7.88. The lowest BCUT2D eigenvalue weighted by atomic mass is 10.0. The second kappa shape index (κ2) is 4.74. The van der Waals surface area contributed by atoms with E-state index in [1.54, 1.807) is 13.1 Å². The van der Waals surface area contributed by atoms with Crippen LogP contribution in [-0.4, -0.2) is 28.6 Å². The van der Waals surface area contributed by atoms with Crippen molar-refractivity contribution in [3.8, 4) is 0 Å². The Hall–Kier alpha value is -2.02. The third-order valence-electron chi connectivity index (χ3n) is 3.95. The number of fused-ring (bicyclic) bond motifs is 1. The molecule has 3 rings (SSSR count). The molecule has 118 valence electrons. The lowest BCUT2D eigenvalue weighted by Gasteiger charge is -2.39. The number of anilines is 1. The largest absolute Gasteiger partial charge is 0.330 e. The zero-order valence-electron chi connectivity index (χ0n) is 12.7. The molecule has 0 amide bonds. The number of nitrogens with two attached hydrogens (primary N) is 1. The number of benzene rings is 1. The van der Waals surface area contributed by atoms with Crippen molar-refractivity contribution in [1.82, 2.24) is 9.55 Å². The normalized spacial score (nSPS) is 18.4. The molecule has 22 heavy (non-hydrogen) atoms. The van der Waals surface area contributed by atoms with Gasteiger partial charge in [0, 0.05) is 13.1 Å². The third kappa shape index (κ3) is 2.25. The van der Waals surface area contributed by atoms with Crippen LogP contribution in [0.1, 0.15) is 24.1 Å². The van der Waals surface area contributed by atoms with Crippen LogP contribution < -0.4 is 16.2 Å². The summed E-state index contributed by atoms with van der Waals surface area (Å²) in [4.78, 5) is 18.4. The van der Waals surface area contributed by atoms with Crippen LogP contribution in [0.15, 0.2) is 16.9 Å². The number of aromatic nitrogens is 2. The van der Waals surface area contributed by atoms with Crippen molar-refractivity contribution in [1.29, 1.82) is 0 Å². The van der Waals surface area contributed by atoms with Crippen molar-refractivity contribution in [3.63, 3.8) is 0 Å². The number of rotatable bonds is 2. The maximum absolute atomic E-state index is 13.1. The first-order valence-corrected chi connectivity index (χ1v) is 7.09. The fraction of sp³-hybridized carbons (Fsp3) is 0.467. The van der Waals surface area contributed by atoms with Gasteiger partial charge in [-0.25, -0.2) is 13.8 Å². The van der Waals surface area contributed by atoms with E-state index < -0.39 is 19.0 Å². The Morgan fingerprint density at radius 1 is 1.36 bits per heavy atom. The molecule has 0 radical (unpaired) electrons. The number of halogens is 2. The van der Waals surface area contributed by atoms with Crippen molar-refractivity contribution >= 4 is 16.9 Å². The number of hydrogen-bond donors (Lipinski definition) is 1. The average molecular weight is 308 g/mol. The summed E-state index contributed by atoms with van der Waals surface area (Å²) >= 11 is 0. The highest BCUT2D eigenvalue weighted by atomic mass is 19.3. The minimum absolute atomic E-state index is 0.249. The van der Waals surface area contributed by atoms with Gasteiger partial charge in [0.25, 0.3) is 11.5 Å². The Balaban J connectivity index is 2.24. The van der Waals surface area contributed by atoms with Gasteiger partial charge >= 0.3 is 0 Å². The third-order valence-corrected chi connectivity index (χ3v) is 3.95. The summed E-state index contributed by atoms with van der Waals surface area (Å²) in [6, 6.07) is 3.34. The molecule has 1 aliphatic rings. The zero-order valence-corrected chi connectivity index (χ0v) is 12.7. The van der Waals surface area contributed by atoms with E-state index in [1.165, 1.54) is 9.47 Å². The maximum Gasteiger partial charge on any atom is 0.282 e. The Kier molecular flexibility index (Phi) is 3.21. The highest BCUT2D eigenvalue weighted by Gasteiger charge is 2.45. The molecule has 0 unspecified atom stereocenters. The standard InChI is InChI=1S/C15H18F2N4O/c1-8-4-10(9(2)18)12-11(5-8)13(22)20(3)14(19-12)21-6-15(16,17)7-21/h4-5,9H,6-7,18H2,1-3H3/t9-/m1/s1. The van der Waals surface area contributed by atoms with Crippen LogP contribution in [0.5, 0.6) is 0 Å². The molecule has 1 aromatic carbocycles. The molecule has 0 spiro atoms. The smallest absolute Gasteiger partial charge is 0.282 e. The van der Waals surface area contributed by atoms with E-state index in [0.717, 1.165) is 11.1 Å². The quantitative estimate of drug-likeness (QED) is 0.917. The van der Waals surface area contributed by atoms with E-state index in [9.17, 15) is 13.6 Å². The second-order valence-corrected chi connectivity index (χ2v) is 6.03. The van der Waals surface area contributed by atoms with Crippen LogP contribution in [0.4, 0.5) is 14.7 Å². The first kappa shape index (κ1) is 14.9. The van der Waals surface area contributed by atoms with Gasteiger partial charge in [-0.1, -0.05) is 6.07 Å². The fourth-order valence-corrected chi connectivity index (χ4v) is 2.82. The lowest BCUT2D eigenvalue weighted by molar-refractivity contribution is -0.0275. The molecule has 1 fully saturated rings. The minimum atomic E-state index is -2.72. The van der Waals surface area contributed by atoms with E-state index in [-0.39, 0.29) is 17.5 Å². The Labute approximate surface area is 126 Å². The second-order valence-electron chi connectivity index (χ2n) is 6.03. The minimum Gasteiger partial charge on any atom is -0.330 e. The molecule has 1 aliphatic heterocycles. The molecule has 7 heteroatoms. The monoisotopic (exact) mass is 308 g/mol. The van der Waals surface area contributed by atoms with Crippen LogP contribution in [0, 0.1) is 6.92 Å². The fourth-order valence-electron chi connectivity index (χ4n) is 2.82. The summed E-state index contributed by atoms with van der Waals surface area (Å²) in [5, 5.41) is 0.464. The lowest BCUT2D eigenvalue weighted by Crippen LogP contribution is -2.57. The van der Waals surface area contributed by atoms with Crippen molar-refractivity contribution in [2.45, 2.75) is 25.8 Å². The van der Waals surface area contributed by atoms with Gasteiger partial charge in [0.2, 0.25) is 5.95 Å². The van der Waals surface area contributed by atoms with Crippen LogP contribution in [0.25, 0.3) is 10.9 Å². The molecule has 2 heterocycles. The van der Waals surface area contributed by atoms with E-state index in [1.807, 2.05) is 19.9 Å². The number of alkyl halides is 2. The molecule has 5 nitrogen and oxygen atoms in total. The Morgan fingerprint density at radius 2 is 2.00 bits per heavy atom. The molecule has 0 aliphatic carbocycles. The summed E-state index contributed by atoms with van der Waals surface area (Å²) < 4.78 is 27.5. The van der Waals surface area contributed by atoms with E-state index >= 15 is 0 Å². The molecular formula is C15H18F2N4O. The summed E-state index contributed by atoms with van der Waals surface area (Å²) in [6.07, 6.45) is 0. The molecule has 1 aromatic heterocycles. The van der Waals surface area contributed by atoms with E-state index in [4.69, 9.17) is 5.73 Å². The summed E-state index contributed by atoms with van der Waals surface area (Å²) in [7, 11) is 1.55. The van der Waals surface area contributed by atoms with Crippen LogP contribution in [-0.2, 0) is 7.05 Å². The molecule has 1 atom stereocenters. The van der Waals surface area contributed by atoms with Crippen molar-refractivity contribution in [2.24, 2.45) is 12.8 Å². The van der Waals surface area contributed by atoms with Crippen LogP contribution in [0.3, 0.4) is 0 Å². The van der Waals surface area contributed by atoms with Gasteiger partial charge in [-0.05, 0) is 31.0 Å². The van der Waals surface area contributed by atoms with Crippen LogP contribution in [0.2, 0.25) is 0 Å². The van der Waals surface area contributed by atoms with E-state index in [0.29, 0.717) is 10.9 Å². The SMILES string of the molecule is Cc1cc([C@@H](C)N)c2nc(N3CC(F)(F)C3)n(C)c(=O)c2c1. The van der Waals surface area contributed by atoms with Gasteiger partial charge in [0.05, 0.1) is 24.0 Å². The Bertz CT molecular complexity index is 805. The van der Waals surface area contributed by atoms with Gasteiger partial charge in [-0.2, -0.15) is 0 Å². The van der Waals surface area contributed by atoms with Gasteiger partial charge in [0.1, 0.15) is 0 Å². The highest BCUT2D eigenvalue weighted by molar-refractivity contribution is 5.83. The number of aryl methyl sites for hydroxylation is 1. The molecular weight excluding hydrogens is 290 g/mol. The molecule has 0 bridgehead atoms. The van der Waals surface area contributed by atoms with Gasteiger partial charge in [0.15, 0.2) is 0 Å². The van der Waals surface area contributed by atoms with Crippen molar-refractivity contribution in [2.75, 3.05) is 18.0 Å². The number of nitrogens with zero attached hydrogens (tertiary/aromatic N) is 3. The highest BCUT2D eigenvalue weighted by Crippen LogP contribution is 2.31. The summed E-state index contributed by atoms with van der Waals surface area (Å²) in [6.45, 7) is 2.86. The van der Waals surface area contributed by atoms with Gasteiger partial charge in [-0.15, -0.1) is 0 Å². The van der Waals surface area contributed by atoms with Crippen LogP contribution >= 0.6 is 0 Å².